The molecule has 2 heterocycles. The molecule has 0 saturated heterocycles. The number of amides is 1. The smallest absolute Gasteiger partial charge is 0.274 e. The first-order valence-electron chi connectivity index (χ1n) is 6.07. The van der Waals surface area contributed by atoms with Crippen molar-refractivity contribution in [3.05, 3.63) is 53.6 Å². The molecule has 0 radical (unpaired) electrons. The van der Waals surface area contributed by atoms with Crippen LogP contribution < -0.4 is 5.32 Å². The Morgan fingerprint density at radius 3 is 2.74 bits per heavy atom. The first kappa shape index (κ1) is 13.0. The molecule has 0 atom stereocenters. The van der Waals surface area contributed by atoms with E-state index in [4.69, 9.17) is 0 Å². The highest BCUT2D eigenvalue weighted by Crippen LogP contribution is 2.12. The summed E-state index contributed by atoms with van der Waals surface area (Å²) in [5.74, 6) is -0.539. The second-order valence-corrected chi connectivity index (χ2v) is 4.02. The van der Waals surface area contributed by atoms with Crippen molar-refractivity contribution < 1.29 is 9.90 Å². The molecule has 2 aromatic heterocycles. The molecule has 0 aromatic carbocycles. The van der Waals surface area contributed by atoms with Gasteiger partial charge < -0.3 is 10.4 Å². The summed E-state index contributed by atoms with van der Waals surface area (Å²) in [6, 6.07) is 6.85. The van der Waals surface area contributed by atoms with Gasteiger partial charge in [0.25, 0.3) is 5.91 Å². The number of nitrogens with zero attached hydrogens (tertiary/aromatic N) is 2. The summed E-state index contributed by atoms with van der Waals surface area (Å²) in [4.78, 5) is 20.0. The molecule has 5 heteroatoms. The van der Waals surface area contributed by atoms with Crippen LogP contribution in [0.4, 0.5) is 0 Å². The average molecular weight is 257 g/mol. The fourth-order valence-electron chi connectivity index (χ4n) is 1.77. The predicted molar refractivity (Wildman–Crippen MR) is 70.7 cm³/mol. The fraction of sp³-hybridized carbons (Fsp3) is 0.214. The van der Waals surface area contributed by atoms with Crippen LogP contribution in [0.3, 0.4) is 0 Å². The van der Waals surface area contributed by atoms with Crippen LogP contribution in [0.2, 0.25) is 0 Å². The Kier molecular flexibility index (Phi) is 4.07. The first-order valence-corrected chi connectivity index (χ1v) is 6.07. The number of hydrogen-bond donors (Lipinski definition) is 2. The van der Waals surface area contributed by atoms with Crippen LogP contribution in [-0.4, -0.2) is 21.0 Å². The van der Waals surface area contributed by atoms with Crippen LogP contribution in [0.5, 0.6) is 5.75 Å². The van der Waals surface area contributed by atoms with Crippen molar-refractivity contribution in [1.29, 1.82) is 0 Å². The van der Waals surface area contributed by atoms with Crippen LogP contribution in [0.25, 0.3) is 0 Å². The molecular weight excluding hydrogens is 242 g/mol. The van der Waals surface area contributed by atoms with E-state index < -0.39 is 5.91 Å². The van der Waals surface area contributed by atoms with Crippen LogP contribution in [0, 0.1) is 0 Å². The van der Waals surface area contributed by atoms with Gasteiger partial charge in [0.05, 0.1) is 12.2 Å². The molecule has 0 aliphatic carbocycles. The zero-order chi connectivity index (χ0) is 13.7. The number of aromatic hydroxyl groups is 1. The first-order chi connectivity index (χ1) is 9.22. The Morgan fingerprint density at radius 1 is 1.26 bits per heavy atom. The lowest BCUT2D eigenvalue weighted by Crippen LogP contribution is -2.25. The van der Waals surface area contributed by atoms with Crippen LogP contribution in [0.1, 0.15) is 28.7 Å². The van der Waals surface area contributed by atoms with E-state index in [0.29, 0.717) is 6.54 Å². The van der Waals surface area contributed by atoms with Crippen molar-refractivity contribution in [2.45, 2.75) is 19.9 Å². The van der Waals surface area contributed by atoms with Gasteiger partial charge in [0.1, 0.15) is 5.75 Å². The number of aryl methyl sites for hydroxylation is 1. The molecule has 0 saturated carbocycles. The van der Waals surface area contributed by atoms with Crippen LogP contribution in [0.15, 0.2) is 36.7 Å². The summed E-state index contributed by atoms with van der Waals surface area (Å²) in [6.45, 7) is 2.35. The van der Waals surface area contributed by atoms with Crippen LogP contribution in [-0.2, 0) is 13.0 Å². The molecule has 0 aliphatic rings. The molecule has 0 aliphatic heterocycles. The number of carbonyl (C=O) groups is 1. The van der Waals surface area contributed by atoms with Crippen molar-refractivity contribution >= 4 is 5.91 Å². The molecule has 98 valence electrons. The minimum atomic E-state index is -0.411. The summed E-state index contributed by atoms with van der Waals surface area (Å²) >= 11 is 0. The van der Waals surface area contributed by atoms with Gasteiger partial charge in [-0.25, -0.2) is 4.98 Å². The van der Waals surface area contributed by atoms with E-state index in [-0.39, 0.29) is 11.4 Å². The van der Waals surface area contributed by atoms with E-state index in [2.05, 4.69) is 15.3 Å². The summed E-state index contributed by atoms with van der Waals surface area (Å²) in [5, 5.41) is 12.2. The number of nitrogens with one attached hydrogen (secondary N) is 1. The molecule has 0 spiro atoms. The Hall–Kier alpha value is -2.43. The minimum Gasteiger partial charge on any atom is -0.505 e. The summed E-state index contributed by atoms with van der Waals surface area (Å²) in [7, 11) is 0. The average Bonchev–Trinajstić information content (AvgIpc) is 2.45. The van der Waals surface area contributed by atoms with Gasteiger partial charge >= 0.3 is 0 Å². The molecule has 19 heavy (non-hydrogen) atoms. The van der Waals surface area contributed by atoms with Gasteiger partial charge in [-0.1, -0.05) is 13.0 Å². The monoisotopic (exact) mass is 257 g/mol. The Morgan fingerprint density at radius 2 is 2.00 bits per heavy atom. The van der Waals surface area contributed by atoms with Gasteiger partial charge in [-0.2, -0.15) is 0 Å². The highest BCUT2D eigenvalue weighted by atomic mass is 16.3. The lowest BCUT2D eigenvalue weighted by molar-refractivity contribution is 0.0942. The van der Waals surface area contributed by atoms with E-state index in [1.165, 1.54) is 12.3 Å². The van der Waals surface area contributed by atoms with Crippen molar-refractivity contribution in [2.24, 2.45) is 0 Å². The molecule has 2 aromatic rings. The minimum absolute atomic E-state index is 0.0245. The van der Waals surface area contributed by atoms with Gasteiger partial charge in [-0.3, -0.25) is 9.78 Å². The molecule has 2 N–H and O–H groups in total. The van der Waals surface area contributed by atoms with E-state index >= 15 is 0 Å². The van der Waals surface area contributed by atoms with Crippen molar-refractivity contribution in [3.8, 4) is 5.75 Å². The highest BCUT2D eigenvalue weighted by Gasteiger charge is 2.12. The SMILES string of the molecule is CCc1cccnc1CNC(=O)c1ncccc1O. The zero-order valence-electron chi connectivity index (χ0n) is 10.6. The van der Waals surface area contributed by atoms with Gasteiger partial charge in [0.15, 0.2) is 5.69 Å². The van der Waals surface area contributed by atoms with Crippen LogP contribution >= 0.6 is 0 Å². The fourth-order valence-corrected chi connectivity index (χ4v) is 1.77. The third-order valence-electron chi connectivity index (χ3n) is 2.78. The van der Waals surface area contributed by atoms with Crippen molar-refractivity contribution in [1.82, 2.24) is 15.3 Å². The second-order valence-electron chi connectivity index (χ2n) is 4.02. The molecule has 0 unspecified atom stereocenters. The topological polar surface area (TPSA) is 75.1 Å². The highest BCUT2D eigenvalue weighted by molar-refractivity contribution is 5.94. The quantitative estimate of drug-likeness (QED) is 0.873. The van der Waals surface area contributed by atoms with Crippen molar-refractivity contribution in [3.63, 3.8) is 0 Å². The summed E-state index contributed by atoms with van der Waals surface area (Å²) in [5.41, 5.74) is 1.94. The normalized spacial score (nSPS) is 10.2. The van der Waals surface area contributed by atoms with Gasteiger partial charge in [-0.05, 0) is 30.2 Å². The number of carbonyl (C=O) groups excluding carboxylic acids is 1. The maximum atomic E-state index is 11.9. The van der Waals surface area contributed by atoms with E-state index in [1.807, 2.05) is 19.1 Å². The largest absolute Gasteiger partial charge is 0.505 e. The number of pyridine rings is 2. The molecule has 0 bridgehead atoms. The summed E-state index contributed by atoms with van der Waals surface area (Å²) in [6.07, 6.45) is 4.01. The summed E-state index contributed by atoms with van der Waals surface area (Å²) < 4.78 is 0. The standard InChI is InChI=1S/C14H15N3O2/c1-2-10-5-3-7-15-11(10)9-17-14(19)13-12(18)6-4-8-16-13/h3-8,18H,2,9H2,1H3,(H,17,19). The predicted octanol–water partition coefficient (Wildman–Crippen LogP) is 1.67. The van der Waals surface area contributed by atoms with E-state index in [1.54, 1.807) is 12.3 Å². The third kappa shape index (κ3) is 3.07. The Bertz CT molecular complexity index is 584. The number of rotatable bonds is 4. The van der Waals surface area contributed by atoms with Crippen molar-refractivity contribution in [2.75, 3.05) is 0 Å². The lowest BCUT2D eigenvalue weighted by Gasteiger charge is -2.08. The lowest BCUT2D eigenvalue weighted by atomic mass is 10.1. The molecule has 5 nitrogen and oxygen atoms in total. The van der Waals surface area contributed by atoms with E-state index in [9.17, 15) is 9.90 Å². The van der Waals surface area contributed by atoms with Gasteiger partial charge in [0.2, 0.25) is 0 Å². The molecular formula is C14H15N3O2. The molecule has 0 fully saturated rings. The van der Waals surface area contributed by atoms with Gasteiger partial charge in [-0.15, -0.1) is 0 Å². The Balaban J connectivity index is 2.07. The second kappa shape index (κ2) is 5.95. The zero-order valence-corrected chi connectivity index (χ0v) is 10.6. The van der Waals surface area contributed by atoms with Gasteiger partial charge in [0, 0.05) is 12.4 Å². The number of aromatic nitrogens is 2. The number of hydrogen-bond acceptors (Lipinski definition) is 4. The third-order valence-corrected chi connectivity index (χ3v) is 2.78. The maximum Gasteiger partial charge on any atom is 0.274 e. The van der Waals surface area contributed by atoms with E-state index in [0.717, 1.165) is 17.7 Å². The molecule has 1 amide bonds. The maximum absolute atomic E-state index is 11.9. The molecule has 2 rings (SSSR count). The Labute approximate surface area is 111 Å².